The van der Waals surface area contributed by atoms with E-state index in [1.165, 1.54) is 27.8 Å². The Hall–Kier alpha value is -2.40. The van der Waals surface area contributed by atoms with Crippen LogP contribution in [0, 0.1) is 25.6 Å². The molecule has 0 saturated carbocycles. The number of rotatable bonds is 9. The van der Waals surface area contributed by atoms with Crippen LogP contribution in [0.4, 0.5) is 9.52 Å². The van der Waals surface area contributed by atoms with E-state index in [9.17, 15) is 17.6 Å². The Morgan fingerprint density at radius 3 is 2.35 bits per heavy atom. The number of nitrogens with zero attached hydrogens (tertiary/aromatic N) is 4. The van der Waals surface area contributed by atoms with E-state index < -0.39 is 15.8 Å². The number of fused-ring (bicyclic) bond motifs is 1. The van der Waals surface area contributed by atoms with Gasteiger partial charge in [0.25, 0.3) is 0 Å². The summed E-state index contributed by atoms with van der Waals surface area (Å²) in [6.45, 7) is 11.9. The topological polar surface area (TPSA) is 73.8 Å². The predicted molar refractivity (Wildman–Crippen MR) is 147 cm³/mol. The number of benzene rings is 2. The lowest BCUT2D eigenvalue weighted by atomic mass is 9.96. The second-order valence-electron chi connectivity index (χ2n) is 9.57. The minimum Gasteiger partial charge on any atom is -0.302 e. The maximum absolute atomic E-state index is 13.8. The highest BCUT2D eigenvalue weighted by molar-refractivity contribution is 7.89. The van der Waals surface area contributed by atoms with Crippen LogP contribution in [0.2, 0.25) is 0 Å². The van der Waals surface area contributed by atoms with Gasteiger partial charge in [0.2, 0.25) is 15.9 Å². The molecule has 0 aliphatic carbocycles. The van der Waals surface area contributed by atoms with Gasteiger partial charge in [0.05, 0.1) is 15.1 Å². The summed E-state index contributed by atoms with van der Waals surface area (Å²) in [5.41, 5.74) is 3.18. The summed E-state index contributed by atoms with van der Waals surface area (Å²) < 4.78 is 41.8. The Morgan fingerprint density at radius 1 is 1.08 bits per heavy atom. The first-order valence-corrected chi connectivity index (χ1v) is 15.1. The molecule has 0 N–H and O–H groups in total. The zero-order valence-electron chi connectivity index (χ0n) is 21.9. The van der Waals surface area contributed by atoms with Crippen LogP contribution in [0.25, 0.3) is 10.2 Å². The Balaban J connectivity index is 1.54. The van der Waals surface area contributed by atoms with Gasteiger partial charge in [0, 0.05) is 32.1 Å². The van der Waals surface area contributed by atoms with Gasteiger partial charge in [-0.2, -0.15) is 4.31 Å². The second-order valence-corrected chi connectivity index (χ2v) is 12.5. The van der Waals surface area contributed by atoms with Gasteiger partial charge in [-0.3, -0.25) is 9.69 Å². The third-order valence-corrected chi connectivity index (χ3v) is 10.0. The Morgan fingerprint density at radius 2 is 1.73 bits per heavy atom. The molecule has 37 heavy (non-hydrogen) atoms. The summed E-state index contributed by atoms with van der Waals surface area (Å²) in [4.78, 5) is 22.9. The number of hydrogen-bond acceptors (Lipinski definition) is 6. The number of amides is 1. The summed E-state index contributed by atoms with van der Waals surface area (Å²) in [7, 11) is -3.73. The highest BCUT2D eigenvalue weighted by atomic mass is 32.2. The average molecular weight is 547 g/mol. The minimum absolute atomic E-state index is 0.000539. The van der Waals surface area contributed by atoms with Crippen molar-refractivity contribution < 1.29 is 17.6 Å². The van der Waals surface area contributed by atoms with Crippen LogP contribution in [0.15, 0.2) is 41.3 Å². The second kappa shape index (κ2) is 11.6. The van der Waals surface area contributed by atoms with Gasteiger partial charge >= 0.3 is 0 Å². The molecule has 3 aromatic rings. The number of carbonyl (C=O) groups is 1. The van der Waals surface area contributed by atoms with E-state index in [-0.39, 0.29) is 29.8 Å². The smallest absolute Gasteiger partial charge is 0.243 e. The molecule has 7 nitrogen and oxygen atoms in total. The van der Waals surface area contributed by atoms with Gasteiger partial charge < -0.3 is 4.90 Å². The lowest BCUT2D eigenvalue weighted by molar-refractivity contribution is -0.123. The van der Waals surface area contributed by atoms with Gasteiger partial charge in [-0.15, -0.1) is 0 Å². The Labute approximate surface area is 223 Å². The van der Waals surface area contributed by atoms with E-state index in [4.69, 9.17) is 4.98 Å². The van der Waals surface area contributed by atoms with Crippen molar-refractivity contribution >= 4 is 42.6 Å². The minimum atomic E-state index is -3.73. The first-order chi connectivity index (χ1) is 17.6. The van der Waals surface area contributed by atoms with Crippen LogP contribution >= 0.6 is 11.3 Å². The largest absolute Gasteiger partial charge is 0.302 e. The molecule has 200 valence electrons. The molecule has 4 rings (SSSR count). The SMILES string of the molecule is CCN(CC)CCN(C(=O)C1CCN(S(=O)(=O)c2ccc(F)cc2)CC1)c1nc2c(C)cc(C)cc2s1. The lowest BCUT2D eigenvalue weighted by Gasteiger charge is -2.33. The number of thiazole rings is 1. The number of halogens is 1. The number of sulfonamides is 1. The van der Waals surface area contributed by atoms with E-state index in [0.717, 1.165) is 53.1 Å². The molecule has 0 spiro atoms. The predicted octanol–water partition coefficient (Wildman–Crippen LogP) is 4.83. The number of hydrogen-bond donors (Lipinski definition) is 0. The summed E-state index contributed by atoms with van der Waals surface area (Å²) in [5.74, 6) is -0.765. The van der Waals surface area contributed by atoms with Crippen LogP contribution in [-0.2, 0) is 14.8 Å². The van der Waals surface area contributed by atoms with E-state index in [1.807, 2.05) is 11.8 Å². The number of aryl methyl sites for hydroxylation is 2. The highest BCUT2D eigenvalue weighted by Crippen LogP contribution is 2.34. The zero-order valence-corrected chi connectivity index (χ0v) is 23.5. The first-order valence-electron chi connectivity index (χ1n) is 12.8. The van der Waals surface area contributed by atoms with Crippen molar-refractivity contribution in [2.45, 2.75) is 45.4 Å². The Bertz CT molecular complexity index is 1350. The average Bonchev–Trinajstić information content (AvgIpc) is 3.31. The summed E-state index contributed by atoms with van der Waals surface area (Å²) in [6, 6.07) is 9.08. The lowest BCUT2D eigenvalue weighted by Crippen LogP contribution is -2.46. The highest BCUT2D eigenvalue weighted by Gasteiger charge is 2.35. The molecule has 1 saturated heterocycles. The third kappa shape index (κ3) is 6.03. The summed E-state index contributed by atoms with van der Waals surface area (Å²) >= 11 is 1.53. The van der Waals surface area contributed by atoms with E-state index in [1.54, 1.807) is 0 Å². The molecule has 1 aliphatic rings. The molecular formula is C27H35FN4O3S2. The molecule has 0 bridgehead atoms. The molecule has 0 radical (unpaired) electrons. The fraction of sp³-hybridized carbons (Fsp3) is 0.481. The number of anilines is 1. The van der Waals surface area contributed by atoms with Gasteiger partial charge in [-0.25, -0.2) is 17.8 Å². The Kier molecular flexibility index (Phi) is 8.63. The van der Waals surface area contributed by atoms with Gasteiger partial charge in [-0.05, 0) is 81.2 Å². The molecule has 1 fully saturated rings. The summed E-state index contributed by atoms with van der Waals surface area (Å²) in [5, 5.41) is 0.696. The summed E-state index contributed by atoms with van der Waals surface area (Å²) in [6.07, 6.45) is 0.869. The van der Waals surface area contributed by atoms with Crippen LogP contribution in [0.1, 0.15) is 37.8 Å². The van der Waals surface area contributed by atoms with Crippen LogP contribution in [-0.4, -0.2) is 67.8 Å². The normalized spacial score (nSPS) is 15.5. The monoisotopic (exact) mass is 546 g/mol. The fourth-order valence-electron chi connectivity index (χ4n) is 4.87. The molecule has 0 atom stereocenters. The number of carbonyl (C=O) groups excluding carboxylic acids is 1. The molecule has 2 heterocycles. The van der Waals surface area contributed by atoms with Crippen molar-refractivity contribution in [2.75, 3.05) is 44.2 Å². The fourth-order valence-corrected chi connectivity index (χ4v) is 7.52. The standard InChI is InChI=1S/C27H35FN4O3S2/c1-5-30(6-2)15-16-32(27-29-25-20(4)17-19(3)18-24(25)36-27)26(33)21-11-13-31(14-12-21)37(34,35)23-9-7-22(28)8-10-23/h7-10,17-18,21H,5-6,11-16H2,1-4H3. The number of piperidine rings is 1. The first kappa shape index (κ1) is 27.6. The van der Waals surface area contributed by atoms with Gasteiger partial charge in [-0.1, -0.05) is 31.3 Å². The van der Waals surface area contributed by atoms with Crippen LogP contribution in [0.5, 0.6) is 0 Å². The molecule has 1 aromatic heterocycles. The van der Waals surface area contributed by atoms with Crippen molar-refractivity contribution in [3.8, 4) is 0 Å². The maximum Gasteiger partial charge on any atom is 0.243 e. The van der Waals surface area contributed by atoms with Crippen LogP contribution in [0.3, 0.4) is 0 Å². The van der Waals surface area contributed by atoms with Crippen molar-refractivity contribution in [3.63, 3.8) is 0 Å². The van der Waals surface area contributed by atoms with Crippen molar-refractivity contribution in [1.82, 2.24) is 14.2 Å². The molecule has 1 aliphatic heterocycles. The van der Waals surface area contributed by atoms with Crippen molar-refractivity contribution in [1.29, 1.82) is 0 Å². The molecule has 2 aromatic carbocycles. The zero-order chi connectivity index (χ0) is 26.7. The molecular weight excluding hydrogens is 511 g/mol. The molecule has 10 heteroatoms. The number of likely N-dealkylation sites (N-methyl/N-ethyl adjacent to an activating group) is 1. The maximum atomic E-state index is 13.8. The van der Waals surface area contributed by atoms with Crippen molar-refractivity contribution in [2.24, 2.45) is 5.92 Å². The number of aromatic nitrogens is 1. The van der Waals surface area contributed by atoms with E-state index in [2.05, 4.69) is 37.8 Å². The van der Waals surface area contributed by atoms with E-state index in [0.29, 0.717) is 24.5 Å². The third-order valence-electron chi connectivity index (χ3n) is 7.10. The van der Waals surface area contributed by atoms with Crippen molar-refractivity contribution in [3.05, 3.63) is 53.3 Å². The van der Waals surface area contributed by atoms with Gasteiger partial charge in [0.15, 0.2) is 5.13 Å². The molecule has 1 amide bonds. The quantitative estimate of drug-likeness (QED) is 0.385. The molecule has 0 unspecified atom stereocenters. The van der Waals surface area contributed by atoms with Gasteiger partial charge in [0.1, 0.15) is 5.82 Å². The van der Waals surface area contributed by atoms with Crippen LogP contribution < -0.4 is 4.90 Å². The van der Waals surface area contributed by atoms with E-state index >= 15 is 0 Å².